The summed E-state index contributed by atoms with van der Waals surface area (Å²) in [5.41, 5.74) is 9.08. The van der Waals surface area contributed by atoms with Gasteiger partial charge in [-0.25, -0.2) is 27.5 Å². The van der Waals surface area contributed by atoms with Crippen molar-refractivity contribution in [2.24, 2.45) is 5.92 Å². The Balaban J connectivity index is 1.60. The van der Waals surface area contributed by atoms with Gasteiger partial charge in [0.1, 0.15) is 17.6 Å². The number of pyridine rings is 1. The molecule has 6 rings (SSSR count). The number of fused-ring (bicyclic) bond motifs is 7. The lowest BCUT2D eigenvalue weighted by Crippen LogP contribution is -2.14. The van der Waals surface area contributed by atoms with Crippen LogP contribution in [0.5, 0.6) is 5.75 Å². The first-order valence-corrected chi connectivity index (χ1v) is 11.4. The van der Waals surface area contributed by atoms with Crippen molar-refractivity contribution in [2.75, 3.05) is 5.73 Å². The van der Waals surface area contributed by atoms with Gasteiger partial charge in [0.05, 0.1) is 22.8 Å². The molecule has 4 heterocycles. The van der Waals surface area contributed by atoms with Gasteiger partial charge in [0.25, 0.3) is 6.43 Å². The number of halogens is 3. The maximum absolute atomic E-state index is 14.3. The van der Waals surface area contributed by atoms with Crippen LogP contribution < -0.4 is 10.5 Å². The molecule has 1 saturated carbocycles. The summed E-state index contributed by atoms with van der Waals surface area (Å²) in [7, 11) is 0. The quantitative estimate of drug-likeness (QED) is 0.458. The Bertz CT molecular complexity index is 1430. The number of nitrogens with zero attached hydrogens (tertiary/aromatic N) is 6. The summed E-state index contributed by atoms with van der Waals surface area (Å²) in [4.78, 5) is 4.32. The molecule has 0 unspecified atom stereocenters. The molecule has 3 aromatic heterocycles. The number of benzene rings is 1. The third-order valence-corrected chi connectivity index (χ3v) is 6.42. The highest BCUT2D eigenvalue weighted by atomic mass is 19.3. The number of aromatic nitrogens is 6. The van der Waals surface area contributed by atoms with Crippen LogP contribution in [0.25, 0.3) is 16.9 Å². The lowest BCUT2D eigenvalue weighted by Gasteiger charge is -2.21. The average Bonchev–Trinajstić information content (AvgIpc) is 3.41. The number of rotatable bonds is 3. The number of alkyl halides is 2. The van der Waals surface area contributed by atoms with E-state index in [1.54, 1.807) is 19.2 Å². The third kappa shape index (κ3) is 3.90. The van der Waals surface area contributed by atoms with Crippen molar-refractivity contribution in [3.8, 4) is 22.7 Å². The molecule has 2 N–H and O–H groups in total. The summed E-state index contributed by atoms with van der Waals surface area (Å²) < 4.78 is 51.1. The van der Waals surface area contributed by atoms with Crippen LogP contribution in [0.4, 0.5) is 19.0 Å². The van der Waals surface area contributed by atoms with Crippen molar-refractivity contribution >= 4 is 5.82 Å². The van der Waals surface area contributed by atoms with E-state index in [-0.39, 0.29) is 17.9 Å². The van der Waals surface area contributed by atoms with E-state index >= 15 is 0 Å². The molecule has 35 heavy (non-hydrogen) atoms. The van der Waals surface area contributed by atoms with E-state index in [0.717, 1.165) is 18.5 Å². The van der Waals surface area contributed by atoms with E-state index in [4.69, 9.17) is 10.5 Å². The van der Waals surface area contributed by atoms with Gasteiger partial charge in [-0.05, 0) is 56.0 Å². The highest BCUT2D eigenvalue weighted by Gasteiger charge is 2.28. The monoisotopic (exact) mass is 481 g/mol. The minimum absolute atomic E-state index is 0.179. The molecule has 0 radical (unpaired) electrons. The number of nitrogens with two attached hydrogens (primary N) is 1. The second-order valence-corrected chi connectivity index (χ2v) is 9.03. The number of hydrogen-bond acceptors (Lipinski definition) is 6. The molecule has 11 heteroatoms. The van der Waals surface area contributed by atoms with Gasteiger partial charge in [-0.3, -0.25) is 0 Å². The second kappa shape index (κ2) is 8.10. The first-order chi connectivity index (χ1) is 16.9. The van der Waals surface area contributed by atoms with Gasteiger partial charge in [0.15, 0.2) is 11.6 Å². The van der Waals surface area contributed by atoms with Gasteiger partial charge in [-0.15, -0.1) is 5.10 Å². The highest BCUT2D eigenvalue weighted by Crippen LogP contribution is 2.37. The van der Waals surface area contributed by atoms with Crippen molar-refractivity contribution in [1.29, 1.82) is 0 Å². The van der Waals surface area contributed by atoms with Gasteiger partial charge in [-0.2, -0.15) is 5.10 Å². The van der Waals surface area contributed by atoms with Crippen LogP contribution in [-0.4, -0.2) is 29.8 Å². The van der Waals surface area contributed by atoms with Gasteiger partial charge < -0.3 is 10.5 Å². The maximum Gasteiger partial charge on any atom is 0.282 e. The zero-order valence-corrected chi connectivity index (χ0v) is 18.8. The van der Waals surface area contributed by atoms with Crippen molar-refractivity contribution in [3.63, 3.8) is 0 Å². The fraction of sp³-hybridized carbons (Fsp3) is 0.333. The largest absolute Gasteiger partial charge is 0.482 e. The zero-order chi connectivity index (χ0) is 24.3. The molecule has 2 bridgehead atoms. The number of anilines is 1. The van der Waals surface area contributed by atoms with E-state index in [1.165, 1.54) is 28.9 Å². The molecule has 1 aliphatic carbocycles. The summed E-state index contributed by atoms with van der Waals surface area (Å²) in [5, 5.41) is 12.9. The molecular formula is C24H22F3N7O. The first-order valence-electron chi connectivity index (χ1n) is 11.4. The predicted octanol–water partition coefficient (Wildman–Crippen LogP) is 4.64. The Labute approximate surface area is 198 Å². The number of nitrogen functional groups attached to an aromatic ring is 1. The van der Waals surface area contributed by atoms with Crippen LogP contribution in [0.3, 0.4) is 0 Å². The molecule has 1 atom stereocenters. The second-order valence-electron chi connectivity index (χ2n) is 9.03. The van der Waals surface area contributed by atoms with E-state index in [0.29, 0.717) is 46.4 Å². The summed E-state index contributed by atoms with van der Waals surface area (Å²) in [6.07, 6.45) is 0.606. The van der Waals surface area contributed by atoms with E-state index in [9.17, 15) is 13.2 Å². The van der Waals surface area contributed by atoms with E-state index in [1.807, 2.05) is 4.68 Å². The van der Waals surface area contributed by atoms with Crippen LogP contribution >= 0.6 is 0 Å². The Morgan fingerprint density at radius 2 is 2.03 bits per heavy atom. The molecule has 1 aliphatic heterocycles. The van der Waals surface area contributed by atoms with Gasteiger partial charge in [0, 0.05) is 30.3 Å². The molecular weight excluding hydrogens is 459 g/mol. The molecule has 2 aliphatic rings. The van der Waals surface area contributed by atoms with Crippen LogP contribution in [0.1, 0.15) is 54.9 Å². The summed E-state index contributed by atoms with van der Waals surface area (Å²) in [6, 6.07) is 7.20. The standard InChI is InChI=1S/C24H22F3N7O/c1-12-17-7-15(25)4-5-20(17)34-16(9-19(31-34)23(26)27)8-18-22(33(32-30-18)11-13-2-3-13)14-6-21(35-12)24(28)29-10-14/h4-7,9-10,12-13,23H,2-3,8,11H2,1H3,(H2,28,29)/t12-/m1/s1. The summed E-state index contributed by atoms with van der Waals surface area (Å²) in [5.74, 6) is 0.541. The topological polar surface area (TPSA) is 96.7 Å². The molecule has 0 amide bonds. The van der Waals surface area contributed by atoms with Gasteiger partial charge >= 0.3 is 0 Å². The van der Waals surface area contributed by atoms with Crippen molar-refractivity contribution in [2.45, 2.75) is 45.3 Å². The SMILES string of the molecule is C[C@H]1Oc2cc(cnc2N)-c2c(nnn2CC2CC2)Cc2cc(C(F)F)nn2-c2ccc(F)cc21. The highest BCUT2D eigenvalue weighted by molar-refractivity contribution is 5.66. The number of ether oxygens (including phenoxy) is 1. The molecule has 0 saturated heterocycles. The fourth-order valence-corrected chi connectivity index (χ4v) is 4.49. The lowest BCUT2D eigenvalue weighted by molar-refractivity contribution is 0.145. The van der Waals surface area contributed by atoms with Crippen LogP contribution in [0.15, 0.2) is 36.5 Å². The molecule has 1 aromatic carbocycles. The average molecular weight is 481 g/mol. The van der Waals surface area contributed by atoms with Gasteiger partial charge in [0.2, 0.25) is 0 Å². The third-order valence-electron chi connectivity index (χ3n) is 6.42. The molecule has 1 fully saturated rings. The Kier molecular flexibility index (Phi) is 5.01. The van der Waals surface area contributed by atoms with Crippen molar-refractivity contribution < 1.29 is 17.9 Å². The minimum atomic E-state index is -2.77. The van der Waals surface area contributed by atoms with Crippen molar-refractivity contribution in [3.05, 3.63) is 65.0 Å². The minimum Gasteiger partial charge on any atom is -0.482 e. The van der Waals surface area contributed by atoms with Crippen LogP contribution in [-0.2, 0) is 13.0 Å². The van der Waals surface area contributed by atoms with Crippen LogP contribution in [0.2, 0.25) is 0 Å². The van der Waals surface area contributed by atoms with Crippen LogP contribution in [0, 0.1) is 11.7 Å². The zero-order valence-electron chi connectivity index (χ0n) is 18.8. The van der Waals surface area contributed by atoms with E-state index < -0.39 is 18.3 Å². The normalized spacial score (nSPS) is 17.1. The fourth-order valence-electron chi connectivity index (χ4n) is 4.49. The maximum atomic E-state index is 14.3. The number of hydrogen-bond donors (Lipinski definition) is 1. The Morgan fingerprint density at radius 3 is 2.80 bits per heavy atom. The molecule has 8 nitrogen and oxygen atoms in total. The summed E-state index contributed by atoms with van der Waals surface area (Å²) in [6.45, 7) is 2.43. The van der Waals surface area contributed by atoms with E-state index in [2.05, 4.69) is 20.4 Å². The Morgan fingerprint density at radius 1 is 1.20 bits per heavy atom. The van der Waals surface area contributed by atoms with Crippen molar-refractivity contribution in [1.82, 2.24) is 29.8 Å². The summed E-state index contributed by atoms with van der Waals surface area (Å²) >= 11 is 0. The lowest BCUT2D eigenvalue weighted by atomic mass is 10.0. The van der Waals surface area contributed by atoms with Gasteiger partial charge in [-0.1, -0.05) is 5.21 Å². The molecule has 4 aromatic rings. The first kappa shape index (κ1) is 21.6. The smallest absolute Gasteiger partial charge is 0.282 e. The molecule has 180 valence electrons. The molecule has 0 spiro atoms. The Hall–Kier alpha value is -3.89. The predicted molar refractivity (Wildman–Crippen MR) is 121 cm³/mol.